The van der Waals surface area contributed by atoms with Crippen molar-refractivity contribution in [1.29, 1.82) is 0 Å². The molecule has 0 aliphatic carbocycles. The van der Waals surface area contributed by atoms with Crippen molar-refractivity contribution in [2.24, 2.45) is 0 Å². The van der Waals surface area contributed by atoms with Crippen LogP contribution in [0, 0.1) is 13.8 Å². The number of carbonyl (C=O) groups excluding carboxylic acids is 2. The number of benzene rings is 1. The van der Waals surface area contributed by atoms with Crippen LogP contribution in [0.3, 0.4) is 0 Å². The minimum absolute atomic E-state index is 0.112. The highest BCUT2D eigenvalue weighted by Gasteiger charge is 2.51. The third-order valence-electron chi connectivity index (χ3n) is 4.58. The van der Waals surface area contributed by atoms with E-state index in [1.807, 2.05) is 31.2 Å². The van der Waals surface area contributed by atoms with Crippen molar-refractivity contribution in [3.05, 3.63) is 59.4 Å². The SMILES string of the molecule is Cc1ccc(-c2noc(CN3C(=O)NC(C)(c4ccc(C)o4)C3=O)n2)cc1. The maximum atomic E-state index is 12.9. The molecule has 1 unspecified atom stereocenters. The zero-order valence-corrected chi connectivity index (χ0v) is 15.1. The molecule has 0 saturated carbocycles. The molecule has 0 spiro atoms. The number of aromatic nitrogens is 2. The highest BCUT2D eigenvalue weighted by Crippen LogP contribution is 2.31. The molecule has 1 aliphatic heterocycles. The topological polar surface area (TPSA) is 101 Å². The fourth-order valence-electron chi connectivity index (χ4n) is 2.99. The molecule has 0 bridgehead atoms. The van der Waals surface area contributed by atoms with Gasteiger partial charge >= 0.3 is 6.03 Å². The van der Waals surface area contributed by atoms with E-state index in [0.29, 0.717) is 17.3 Å². The largest absolute Gasteiger partial charge is 0.463 e. The number of aryl methyl sites for hydroxylation is 2. The average Bonchev–Trinajstić information content (AvgIpc) is 3.33. The molecule has 1 saturated heterocycles. The summed E-state index contributed by atoms with van der Waals surface area (Å²) in [6, 6.07) is 10.5. The molecular weight excluding hydrogens is 348 g/mol. The molecule has 1 aromatic carbocycles. The number of rotatable bonds is 4. The number of urea groups is 1. The van der Waals surface area contributed by atoms with Gasteiger partial charge in [0.05, 0.1) is 0 Å². The van der Waals surface area contributed by atoms with Crippen LogP contribution in [0.2, 0.25) is 0 Å². The van der Waals surface area contributed by atoms with E-state index in [1.165, 1.54) is 0 Å². The lowest BCUT2D eigenvalue weighted by atomic mass is 9.99. The van der Waals surface area contributed by atoms with Gasteiger partial charge in [0.15, 0.2) is 5.54 Å². The summed E-state index contributed by atoms with van der Waals surface area (Å²) >= 11 is 0. The van der Waals surface area contributed by atoms with Gasteiger partial charge in [0, 0.05) is 5.56 Å². The molecule has 1 atom stereocenters. The number of furan rings is 1. The molecule has 3 heterocycles. The van der Waals surface area contributed by atoms with Crippen molar-refractivity contribution < 1.29 is 18.5 Å². The summed E-state index contributed by atoms with van der Waals surface area (Å²) in [5.41, 5.74) is 0.656. The van der Waals surface area contributed by atoms with Crippen LogP contribution in [0.25, 0.3) is 11.4 Å². The Hall–Kier alpha value is -3.42. The van der Waals surface area contributed by atoms with Gasteiger partial charge in [-0.1, -0.05) is 35.0 Å². The van der Waals surface area contributed by atoms with Crippen molar-refractivity contribution >= 4 is 11.9 Å². The second-order valence-corrected chi connectivity index (χ2v) is 6.73. The molecule has 2 aromatic heterocycles. The normalized spacial score (nSPS) is 19.6. The molecule has 138 valence electrons. The molecule has 1 fully saturated rings. The number of nitrogens with one attached hydrogen (secondary N) is 1. The van der Waals surface area contributed by atoms with Gasteiger partial charge in [0.2, 0.25) is 11.7 Å². The van der Waals surface area contributed by atoms with Gasteiger partial charge in [-0.3, -0.25) is 9.69 Å². The fourth-order valence-corrected chi connectivity index (χ4v) is 2.99. The molecule has 27 heavy (non-hydrogen) atoms. The van der Waals surface area contributed by atoms with E-state index in [0.717, 1.165) is 16.0 Å². The minimum Gasteiger partial charge on any atom is -0.463 e. The van der Waals surface area contributed by atoms with Gasteiger partial charge in [0.25, 0.3) is 5.91 Å². The Balaban J connectivity index is 1.55. The van der Waals surface area contributed by atoms with Crippen LogP contribution in [0.4, 0.5) is 4.79 Å². The summed E-state index contributed by atoms with van der Waals surface area (Å²) in [5, 5.41) is 6.61. The van der Waals surface area contributed by atoms with Gasteiger partial charge < -0.3 is 14.3 Å². The van der Waals surface area contributed by atoms with E-state index in [2.05, 4.69) is 15.5 Å². The lowest BCUT2D eigenvalue weighted by Crippen LogP contribution is -2.40. The molecule has 8 nitrogen and oxygen atoms in total. The van der Waals surface area contributed by atoms with Gasteiger partial charge in [-0.05, 0) is 32.9 Å². The number of hydrogen-bond acceptors (Lipinski definition) is 6. The molecule has 3 aromatic rings. The third kappa shape index (κ3) is 2.88. The Morgan fingerprint density at radius 2 is 1.85 bits per heavy atom. The fraction of sp³-hybridized carbons (Fsp3) is 0.263. The predicted octanol–water partition coefficient (Wildman–Crippen LogP) is 2.91. The van der Waals surface area contributed by atoms with Gasteiger partial charge in [-0.2, -0.15) is 4.98 Å². The third-order valence-corrected chi connectivity index (χ3v) is 4.58. The van der Waals surface area contributed by atoms with Crippen LogP contribution in [-0.4, -0.2) is 27.0 Å². The number of nitrogens with zero attached hydrogens (tertiary/aromatic N) is 3. The molecule has 4 rings (SSSR count). The Kier molecular flexibility index (Phi) is 3.83. The molecular formula is C19H18N4O4. The smallest absolute Gasteiger partial charge is 0.325 e. The maximum Gasteiger partial charge on any atom is 0.325 e. The summed E-state index contributed by atoms with van der Waals surface area (Å²) in [7, 11) is 0. The quantitative estimate of drug-likeness (QED) is 0.713. The van der Waals surface area contributed by atoms with Crippen LogP contribution in [0.15, 0.2) is 45.3 Å². The first-order valence-electron chi connectivity index (χ1n) is 8.47. The highest BCUT2D eigenvalue weighted by molar-refractivity contribution is 6.06. The Labute approximate surface area is 155 Å². The first-order chi connectivity index (χ1) is 12.9. The summed E-state index contributed by atoms with van der Waals surface area (Å²) in [4.78, 5) is 30.6. The van der Waals surface area contributed by atoms with Crippen LogP contribution in [0.1, 0.15) is 29.9 Å². The van der Waals surface area contributed by atoms with E-state index in [4.69, 9.17) is 8.94 Å². The summed E-state index contributed by atoms with van der Waals surface area (Å²) in [5.74, 6) is 1.19. The molecule has 8 heteroatoms. The number of hydrogen-bond donors (Lipinski definition) is 1. The number of amides is 3. The Bertz CT molecular complexity index is 1020. The number of carbonyl (C=O) groups is 2. The van der Waals surface area contributed by atoms with E-state index in [-0.39, 0.29) is 12.4 Å². The zero-order valence-electron chi connectivity index (χ0n) is 15.1. The second-order valence-electron chi connectivity index (χ2n) is 6.73. The van der Waals surface area contributed by atoms with E-state index < -0.39 is 17.5 Å². The first kappa shape index (κ1) is 17.0. The average molecular weight is 366 g/mol. The molecule has 1 aliphatic rings. The van der Waals surface area contributed by atoms with Gasteiger partial charge in [-0.15, -0.1) is 0 Å². The van der Waals surface area contributed by atoms with Crippen molar-refractivity contribution in [3.63, 3.8) is 0 Å². The van der Waals surface area contributed by atoms with Crippen LogP contribution < -0.4 is 5.32 Å². The lowest BCUT2D eigenvalue weighted by molar-refractivity contribution is -0.132. The summed E-state index contributed by atoms with van der Waals surface area (Å²) in [6.45, 7) is 5.26. The van der Waals surface area contributed by atoms with Crippen molar-refractivity contribution in [2.45, 2.75) is 32.9 Å². The maximum absolute atomic E-state index is 12.9. The summed E-state index contributed by atoms with van der Waals surface area (Å²) in [6.07, 6.45) is 0. The van der Waals surface area contributed by atoms with Crippen molar-refractivity contribution in [3.8, 4) is 11.4 Å². The van der Waals surface area contributed by atoms with Crippen LogP contribution >= 0.6 is 0 Å². The highest BCUT2D eigenvalue weighted by atomic mass is 16.5. The second kappa shape index (κ2) is 6.08. The monoisotopic (exact) mass is 366 g/mol. The van der Waals surface area contributed by atoms with Crippen molar-refractivity contribution in [2.75, 3.05) is 0 Å². The first-order valence-corrected chi connectivity index (χ1v) is 8.47. The Morgan fingerprint density at radius 1 is 1.11 bits per heavy atom. The zero-order chi connectivity index (χ0) is 19.2. The number of imide groups is 1. The standard InChI is InChI=1S/C19H18N4O4/c1-11-4-7-13(8-5-11)16-20-15(27-22-16)10-23-17(24)19(3,21-18(23)25)14-9-6-12(2)26-14/h4-9H,10H2,1-3H3,(H,21,25). The van der Waals surface area contributed by atoms with Crippen molar-refractivity contribution in [1.82, 2.24) is 20.4 Å². The minimum atomic E-state index is -1.26. The molecule has 1 N–H and O–H groups in total. The molecule has 3 amide bonds. The molecule has 0 radical (unpaired) electrons. The van der Waals surface area contributed by atoms with Crippen LogP contribution in [0.5, 0.6) is 0 Å². The van der Waals surface area contributed by atoms with E-state index in [1.54, 1.807) is 26.0 Å². The summed E-state index contributed by atoms with van der Waals surface area (Å²) < 4.78 is 10.8. The van der Waals surface area contributed by atoms with E-state index >= 15 is 0 Å². The Morgan fingerprint density at radius 3 is 2.52 bits per heavy atom. The van der Waals surface area contributed by atoms with Gasteiger partial charge in [-0.25, -0.2) is 4.79 Å². The van der Waals surface area contributed by atoms with Gasteiger partial charge in [0.1, 0.15) is 18.1 Å². The predicted molar refractivity (Wildman–Crippen MR) is 94.3 cm³/mol. The lowest BCUT2D eigenvalue weighted by Gasteiger charge is -2.18. The van der Waals surface area contributed by atoms with Crippen LogP contribution in [-0.2, 0) is 16.9 Å². The van der Waals surface area contributed by atoms with E-state index in [9.17, 15) is 9.59 Å².